The minimum Gasteiger partial charge on any atom is -0.294 e. The van der Waals surface area contributed by atoms with Gasteiger partial charge >= 0.3 is 0 Å². The van der Waals surface area contributed by atoms with Gasteiger partial charge in [0.05, 0.1) is 22.3 Å². The Hall–Kier alpha value is -1.49. The molecule has 0 aliphatic rings. The molecule has 0 radical (unpaired) electrons. The zero-order chi connectivity index (χ0) is 13.3. The molecule has 0 atom stereocenters. The van der Waals surface area contributed by atoms with Crippen LogP contribution in [0.1, 0.15) is 21.7 Å². The second-order valence-corrected chi connectivity index (χ2v) is 4.87. The number of benzene rings is 1. The summed E-state index contributed by atoms with van der Waals surface area (Å²) < 4.78 is 15.5. The van der Waals surface area contributed by atoms with E-state index in [1.807, 2.05) is 6.92 Å². The van der Waals surface area contributed by atoms with E-state index in [0.717, 1.165) is 15.9 Å². The molecule has 0 bridgehead atoms. The van der Waals surface area contributed by atoms with Gasteiger partial charge in [-0.2, -0.15) is 5.10 Å². The Morgan fingerprint density at radius 2 is 2.22 bits per heavy atom. The van der Waals surface area contributed by atoms with Crippen molar-refractivity contribution in [3.63, 3.8) is 0 Å². The largest absolute Gasteiger partial charge is 0.294 e. The maximum Gasteiger partial charge on any atom is 0.168 e. The highest BCUT2D eigenvalue weighted by Crippen LogP contribution is 2.21. The Morgan fingerprint density at radius 1 is 1.50 bits per heavy atom. The molecule has 18 heavy (non-hydrogen) atoms. The van der Waals surface area contributed by atoms with Crippen LogP contribution in [-0.2, 0) is 13.5 Å². The van der Waals surface area contributed by atoms with Gasteiger partial charge in [0.2, 0.25) is 0 Å². The molecule has 2 rings (SSSR count). The van der Waals surface area contributed by atoms with E-state index in [1.165, 1.54) is 18.2 Å². The van der Waals surface area contributed by atoms with E-state index in [-0.39, 0.29) is 12.2 Å². The zero-order valence-corrected chi connectivity index (χ0v) is 11.7. The van der Waals surface area contributed by atoms with Crippen LogP contribution >= 0.6 is 15.9 Å². The third kappa shape index (κ3) is 2.51. The first-order chi connectivity index (χ1) is 8.49. The van der Waals surface area contributed by atoms with Crippen LogP contribution in [0, 0.1) is 12.7 Å². The number of ketones is 1. The number of hydrogen-bond acceptors (Lipinski definition) is 2. The normalized spacial score (nSPS) is 10.7. The van der Waals surface area contributed by atoms with Gasteiger partial charge in [-0.3, -0.25) is 9.48 Å². The first-order valence-electron chi connectivity index (χ1n) is 5.45. The van der Waals surface area contributed by atoms with Crippen molar-refractivity contribution in [1.29, 1.82) is 0 Å². The number of nitrogens with zero attached hydrogens (tertiary/aromatic N) is 2. The second-order valence-electron chi connectivity index (χ2n) is 4.08. The molecular formula is C13H12BrFN2O. The van der Waals surface area contributed by atoms with E-state index >= 15 is 0 Å². The standard InChI is InChI=1S/C13H12BrFN2O/c1-8-13(14)11(17(2)16-8)7-12(18)9-4-3-5-10(15)6-9/h3-6H,7H2,1-2H3. The molecule has 0 N–H and O–H groups in total. The summed E-state index contributed by atoms with van der Waals surface area (Å²) in [6.07, 6.45) is 0.196. The van der Waals surface area contributed by atoms with Crippen LogP contribution in [-0.4, -0.2) is 15.6 Å². The van der Waals surface area contributed by atoms with Gasteiger partial charge in [0.15, 0.2) is 5.78 Å². The Balaban J connectivity index is 2.27. The smallest absolute Gasteiger partial charge is 0.168 e. The minimum atomic E-state index is -0.402. The van der Waals surface area contributed by atoms with Crippen molar-refractivity contribution in [3.8, 4) is 0 Å². The van der Waals surface area contributed by atoms with Crippen LogP contribution in [0.25, 0.3) is 0 Å². The fourth-order valence-electron chi connectivity index (χ4n) is 1.79. The molecule has 94 valence electrons. The number of Topliss-reactive ketones (excluding diaryl/α,β-unsaturated/α-hetero) is 1. The highest BCUT2D eigenvalue weighted by molar-refractivity contribution is 9.10. The average molecular weight is 311 g/mol. The maximum atomic E-state index is 13.0. The van der Waals surface area contributed by atoms with Gasteiger partial charge in [0, 0.05) is 12.6 Å². The molecule has 1 heterocycles. The van der Waals surface area contributed by atoms with Crippen molar-refractivity contribution in [1.82, 2.24) is 9.78 Å². The van der Waals surface area contributed by atoms with E-state index in [1.54, 1.807) is 17.8 Å². The highest BCUT2D eigenvalue weighted by Gasteiger charge is 2.15. The minimum absolute atomic E-state index is 0.127. The molecule has 0 fully saturated rings. The summed E-state index contributed by atoms with van der Waals surface area (Å²) in [6.45, 7) is 1.86. The van der Waals surface area contributed by atoms with Crippen molar-refractivity contribution in [3.05, 3.63) is 51.5 Å². The summed E-state index contributed by atoms with van der Waals surface area (Å²) in [5.74, 6) is -0.528. The van der Waals surface area contributed by atoms with Gasteiger partial charge in [-0.05, 0) is 35.0 Å². The van der Waals surface area contributed by atoms with E-state index in [9.17, 15) is 9.18 Å². The van der Waals surface area contributed by atoms with Crippen molar-refractivity contribution in [2.75, 3.05) is 0 Å². The van der Waals surface area contributed by atoms with Gasteiger partial charge in [-0.1, -0.05) is 12.1 Å². The molecular weight excluding hydrogens is 299 g/mol. The summed E-state index contributed by atoms with van der Waals surface area (Å²) in [6, 6.07) is 5.72. The molecule has 0 spiro atoms. The topological polar surface area (TPSA) is 34.9 Å². The number of halogens is 2. The van der Waals surface area contributed by atoms with Crippen LogP contribution < -0.4 is 0 Å². The number of carbonyl (C=O) groups is 1. The Kier molecular flexibility index (Phi) is 3.61. The predicted octanol–water partition coefficient (Wildman–Crippen LogP) is 3.06. The average Bonchev–Trinajstić information content (AvgIpc) is 2.56. The number of aromatic nitrogens is 2. The lowest BCUT2D eigenvalue weighted by Crippen LogP contribution is -2.08. The second kappa shape index (κ2) is 5.02. The van der Waals surface area contributed by atoms with Crippen molar-refractivity contribution in [2.24, 2.45) is 7.05 Å². The first kappa shape index (κ1) is 13.0. The van der Waals surface area contributed by atoms with Crippen LogP contribution in [0.5, 0.6) is 0 Å². The van der Waals surface area contributed by atoms with Crippen LogP contribution in [0.15, 0.2) is 28.7 Å². The quantitative estimate of drug-likeness (QED) is 0.817. The Labute approximate surface area is 113 Å². The molecule has 3 nitrogen and oxygen atoms in total. The maximum absolute atomic E-state index is 13.0. The number of carbonyl (C=O) groups excluding carboxylic acids is 1. The SMILES string of the molecule is Cc1nn(C)c(CC(=O)c2cccc(F)c2)c1Br. The Morgan fingerprint density at radius 3 is 2.78 bits per heavy atom. The highest BCUT2D eigenvalue weighted by atomic mass is 79.9. The lowest BCUT2D eigenvalue weighted by Gasteiger charge is -2.03. The van der Waals surface area contributed by atoms with Crippen molar-refractivity contribution < 1.29 is 9.18 Å². The molecule has 0 aliphatic heterocycles. The van der Waals surface area contributed by atoms with Crippen LogP contribution in [0.4, 0.5) is 4.39 Å². The molecule has 0 amide bonds. The molecule has 1 aromatic heterocycles. The van der Waals surface area contributed by atoms with Gasteiger partial charge in [-0.25, -0.2) is 4.39 Å². The molecule has 5 heteroatoms. The summed E-state index contributed by atoms with van der Waals surface area (Å²) in [7, 11) is 1.78. The summed E-state index contributed by atoms with van der Waals surface area (Å²) in [5, 5.41) is 4.22. The van der Waals surface area contributed by atoms with Crippen LogP contribution in [0.3, 0.4) is 0 Å². The lowest BCUT2D eigenvalue weighted by molar-refractivity contribution is 0.0990. The van der Waals surface area contributed by atoms with E-state index in [0.29, 0.717) is 5.56 Å². The van der Waals surface area contributed by atoms with E-state index in [2.05, 4.69) is 21.0 Å². The molecule has 0 unspecified atom stereocenters. The number of hydrogen-bond donors (Lipinski definition) is 0. The number of rotatable bonds is 3. The van der Waals surface area contributed by atoms with Gasteiger partial charge in [0.25, 0.3) is 0 Å². The molecule has 1 aromatic carbocycles. The molecule has 2 aromatic rings. The fourth-order valence-corrected chi connectivity index (χ4v) is 2.26. The number of aryl methyl sites for hydroxylation is 2. The van der Waals surface area contributed by atoms with Gasteiger partial charge in [-0.15, -0.1) is 0 Å². The van der Waals surface area contributed by atoms with Crippen LogP contribution in [0.2, 0.25) is 0 Å². The van der Waals surface area contributed by atoms with Gasteiger partial charge in [0.1, 0.15) is 5.82 Å². The molecule has 0 aliphatic carbocycles. The van der Waals surface area contributed by atoms with Crippen molar-refractivity contribution >= 4 is 21.7 Å². The van der Waals surface area contributed by atoms with E-state index < -0.39 is 5.82 Å². The lowest BCUT2D eigenvalue weighted by atomic mass is 10.1. The summed E-state index contributed by atoms with van der Waals surface area (Å²) in [5.41, 5.74) is 2.00. The third-order valence-corrected chi connectivity index (χ3v) is 3.77. The summed E-state index contributed by atoms with van der Waals surface area (Å²) >= 11 is 3.41. The zero-order valence-electron chi connectivity index (χ0n) is 10.1. The molecule has 0 saturated carbocycles. The van der Waals surface area contributed by atoms with Crippen molar-refractivity contribution in [2.45, 2.75) is 13.3 Å². The molecule has 0 saturated heterocycles. The Bertz CT molecular complexity index is 607. The van der Waals surface area contributed by atoms with Gasteiger partial charge < -0.3 is 0 Å². The summed E-state index contributed by atoms with van der Waals surface area (Å²) in [4.78, 5) is 12.1. The van der Waals surface area contributed by atoms with E-state index in [4.69, 9.17) is 0 Å². The first-order valence-corrected chi connectivity index (χ1v) is 6.25. The fraction of sp³-hybridized carbons (Fsp3) is 0.231. The monoisotopic (exact) mass is 310 g/mol. The third-order valence-electron chi connectivity index (χ3n) is 2.74. The predicted molar refractivity (Wildman–Crippen MR) is 70.1 cm³/mol.